The lowest BCUT2D eigenvalue weighted by Crippen LogP contribution is -2.24. The fourth-order valence-electron chi connectivity index (χ4n) is 1.26. The van der Waals surface area contributed by atoms with E-state index in [1.54, 1.807) is 6.07 Å². The first-order valence-electron chi connectivity index (χ1n) is 4.92. The zero-order valence-corrected chi connectivity index (χ0v) is 9.07. The molecule has 1 rings (SSSR count). The summed E-state index contributed by atoms with van der Waals surface area (Å²) in [4.78, 5) is 10.1. The fraction of sp³-hybridized carbons (Fsp3) is 0.600. The minimum absolute atomic E-state index is 0.519. The van der Waals surface area contributed by atoms with Crippen molar-refractivity contribution in [2.24, 2.45) is 5.92 Å². The van der Waals surface area contributed by atoms with Gasteiger partial charge >= 0.3 is 0 Å². The van der Waals surface area contributed by atoms with Crippen LogP contribution in [0.25, 0.3) is 0 Å². The van der Waals surface area contributed by atoms with Crippen molar-refractivity contribution in [1.82, 2.24) is 9.97 Å². The highest BCUT2D eigenvalue weighted by atomic mass is 15.2. The van der Waals surface area contributed by atoms with Gasteiger partial charge in [-0.1, -0.05) is 20.3 Å². The summed E-state index contributed by atoms with van der Waals surface area (Å²) in [5.41, 5.74) is 5.58. The van der Waals surface area contributed by atoms with E-state index < -0.39 is 0 Å². The first-order valence-corrected chi connectivity index (χ1v) is 4.92. The van der Waals surface area contributed by atoms with Crippen LogP contribution in [-0.4, -0.2) is 23.6 Å². The van der Waals surface area contributed by atoms with Crippen molar-refractivity contribution in [3.63, 3.8) is 0 Å². The molecule has 4 nitrogen and oxygen atoms in total. The Morgan fingerprint density at radius 3 is 2.79 bits per heavy atom. The first-order chi connectivity index (χ1) is 6.63. The van der Waals surface area contributed by atoms with Crippen molar-refractivity contribution in [1.29, 1.82) is 0 Å². The molecular weight excluding hydrogens is 176 g/mol. The molecule has 0 aliphatic rings. The van der Waals surface area contributed by atoms with E-state index in [4.69, 9.17) is 5.73 Å². The Morgan fingerprint density at radius 1 is 1.50 bits per heavy atom. The summed E-state index contributed by atoms with van der Waals surface area (Å²) < 4.78 is 0. The van der Waals surface area contributed by atoms with E-state index in [2.05, 4.69) is 28.7 Å². The van der Waals surface area contributed by atoms with E-state index in [1.807, 2.05) is 7.05 Å². The van der Waals surface area contributed by atoms with Gasteiger partial charge in [0.15, 0.2) is 0 Å². The molecule has 0 saturated carbocycles. The van der Waals surface area contributed by atoms with Gasteiger partial charge in [-0.25, -0.2) is 9.97 Å². The molecule has 78 valence electrons. The number of hydrogen-bond donors (Lipinski definition) is 1. The normalized spacial score (nSPS) is 12.5. The summed E-state index contributed by atoms with van der Waals surface area (Å²) in [7, 11) is 2.02. The number of aromatic nitrogens is 2. The van der Waals surface area contributed by atoms with Crippen molar-refractivity contribution >= 4 is 11.6 Å². The van der Waals surface area contributed by atoms with Gasteiger partial charge in [0.1, 0.15) is 18.0 Å². The number of rotatable bonds is 4. The van der Waals surface area contributed by atoms with E-state index >= 15 is 0 Å². The Hall–Kier alpha value is -1.32. The smallest absolute Gasteiger partial charge is 0.133 e. The summed E-state index contributed by atoms with van der Waals surface area (Å²) in [6.07, 6.45) is 2.67. The van der Waals surface area contributed by atoms with E-state index in [0.717, 1.165) is 12.4 Å². The first kappa shape index (κ1) is 10.8. The molecule has 0 radical (unpaired) electrons. The van der Waals surface area contributed by atoms with E-state index in [9.17, 15) is 0 Å². The van der Waals surface area contributed by atoms with Gasteiger partial charge in [-0.3, -0.25) is 0 Å². The molecule has 2 N–H and O–H groups in total. The molecule has 0 spiro atoms. The Bertz CT molecular complexity index is 287. The molecule has 14 heavy (non-hydrogen) atoms. The van der Waals surface area contributed by atoms with Gasteiger partial charge in [-0.2, -0.15) is 0 Å². The van der Waals surface area contributed by atoms with Crippen molar-refractivity contribution in [3.05, 3.63) is 12.4 Å². The summed E-state index contributed by atoms with van der Waals surface area (Å²) in [6.45, 7) is 5.40. The monoisotopic (exact) mass is 194 g/mol. The number of anilines is 2. The van der Waals surface area contributed by atoms with Crippen molar-refractivity contribution < 1.29 is 0 Å². The second-order valence-electron chi connectivity index (χ2n) is 3.70. The van der Waals surface area contributed by atoms with Crippen molar-refractivity contribution in [2.75, 3.05) is 24.2 Å². The molecule has 0 aliphatic carbocycles. The van der Waals surface area contributed by atoms with Crippen LogP contribution in [-0.2, 0) is 0 Å². The van der Waals surface area contributed by atoms with Gasteiger partial charge in [0.05, 0.1) is 0 Å². The number of hydrogen-bond acceptors (Lipinski definition) is 4. The zero-order chi connectivity index (χ0) is 10.6. The van der Waals surface area contributed by atoms with Crippen LogP contribution in [0.3, 0.4) is 0 Å². The standard InChI is InChI=1S/C10H18N4/c1-4-8(2)6-14(3)10-5-9(11)12-7-13-10/h5,7-8H,4,6H2,1-3H3,(H2,11,12,13). The van der Waals surface area contributed by atoms with E-state index in [-0.39, 0.29) is 0 Å². The van der Waals surface area contributed by atoms with Gasteiger partial charge < -0.3 is 10.6 Å². The Balaban J connectivity index is 2.64. The summed E-state index contributed by atoms with van der Waals surface area (Å²) in [6, 6.07) is 1.79. The molecule has 0 aliphatic heterocycles. The van der Waals surface area contributed by atoms with Crippen molar-refractivity contribution in [3.8, 4) is 0 Å². The fourth-order valence-corrected chi connectivity index (χ4v) is 1.26. The maximum absolute atomic E-state index is 5.58. The molecule has 1 aromatic heterocycles. The second-order valence-corrected chi connectivity index (χ2v) is 3.70. The summed E-state index contributed by atoms with van der Waals surface area (Å²) >= 11 is 0. The molecule has 0 bridgehead atoms. The predicted molar refractivity (Wildman–Crippen MR) is 59.2 cm³/mol. The lowest BCUT2D eigenvalue weighted by atomic mass is 10.1. The van der Waals surface area contributed by atoms with Crippen LogP contribution in [0, 0.1) is 5.92 Å². The molecule has 0 aromatic carbocycles. The molecule has 1 unspecified atom stereocenters. The van der Waals surface area contributed by atoms with Crippen LogP contribution in [0.4, 0.5) is 11.6 Å². The number of nitrogens with zero attached hydrogens (tertiary/aromatic N) is 3. The van der Waals surface area contributed by atoms with Crippen LogP contribution in [0.15, 0.2) is 12.4 Å². The van der Waals surface area contributed by atoms with Crippen LogP contribution in [0.5, 0.6) is 0 Å². The Morgan fingerprint density at radius 2 is 2.21 bits per heavy atom. The summed E-state index contributed by atoms with van der Waals surface area (Å²) in [5, 5.41) is 0. The largest absolute Gasteiger partial charge is 0.384 e. The minimum Gasteiger partial charge on any atom is -0.384 e. The lowest BCUT2D eigenvalue weighted by molar-refractivity contribution is 0.557. The lowest BCUT2D eigenvalue weighted by Gasteiger charge is -2.21. The maximum Gasteiger partial charge on any atom is 0.133 e. The molecule has 1 atom stereocenters. The third kappa shape index (κ3) is 2.87. The minimum atomic E-state index is 0.519. The highest BCUT2D eigenvalue weighted by Crippen LogP contribution is 2.12. The van der Waals surface area contributed by atoms with Crippen LogP contribution < -0.4 is 10.6 Å². The van der Waals surface area contributed by atoms with Crippen LogP contribution >= 0.6 is 0 Å². The van der Waals surface area contributed by atoms with Gasteiger partial charge in [0.2, 0.25) is 0 Å². The van der Waals surface area contributed by atoms with Crippen molar-refractivity contribution in [2.45, 2.75) is 20.3 Å². The molecule has 0 saturated heterocycles. The third-order valence-corrected chi connectivity index (χ3v) is 2.35. The molecule has 0 amide bonds. The average molecular weight is 194 g/mol. The van der Waals surface area contributed by atoms with Gasteiger partial charge in [-0.05, 0) is 5.92 Å². The zero-order valence-electron chi connectivity index (χ0n) is 9.07. The quantitative estimate of drug-likeness (QED) is 0.790. The van der Waals surface area contributed by atoms with Crippen LogP contribution in [0.1, 0.15) is 20.3 Å². The average Bonchev–Trinajstić information content (AvgIpc) is 2.17. The third-order valence-electron chi connectivity index (χ3n) is 2.35. The van der Waals surface area contributed by atoms with Crippen LogP contribution in [0.2, 0.25) is 0 Å². The number of nitrogen functional groups attached to an aromatic ring is 1. The van der Waals surface area contributed by atoms with Gasteiger partial charge in [0, 0.05) is 19.7 Å². The highest BCUT2D eigenvalue weighted by molar-refractivity contribution is 5.45. The molecule has 0 fully saturated rings. The van der Waals surface area contributed by atoms with Gasteiger partial charge in [0.25, 0.3) is 0 Å². The number of nitrogens with two attached hydrogens (primary N) is 1. The molecule has 4 heteroatoms. The molecule has 1 heterocycles. The molecular formula is C10H18N4. The Kier molecular flexibility index (Phi) is 3.68. The SMILES string of the molecule is CCC(C)CN(C)c1cc(N)ncn1. The molecule has 1 aromatic rings. The van der Waals surface area contributed by atoms with Gasteiger partial charge in [-0.15, -0.1) is 0 Å². The Labute approximate surface area is 85.2 Å². The summed E-state index contributed by atoms with van der Waals surface area (Å²) in [5.74, 6) is 2.07. The van der Waals surface area contributed by atoms with E-state index in [0.29, 0.717) is 11.7 Å². The second kappa shape index (κ2) is 4.79. The maximum atomic E-state index is 5.58. The predicted octanol–water partition coefficient (Wildman–Crippen LogP) is 1.54. The van der Waals surface area contributed by atoms with E-state index in [1.165, 1.54) is 12.7 Å². The topological polar surface area (TPSA) is 55.0 Å². The highest BCUT2D eigenvalue weighted by Gasteiger charge is 2.06.